The molecule has 0 N–H and O–H groups in total. The van der Waals surface area contributed by atoms with Crippen LogP contribution in [0.15, 0.2) is 52.3 Å². The third-order valence-corrected chi connectivity index (χ3v) is 3.77. The van der Waals surface area contributed by atoms with E-state index in [1.165, 1.54) is 35.6 Å². The second-order valence-electron chi connectivity index (χ2n) is 5.43. The Balaban J connectivity index is 1.80. The number of rotatable bonds is 4. The highest BCUT2D eigenvalue weighted by Gasteiger charge is 2.14. The Morgan fingerprint density at radius 3 is 2.60 bits per heavy atom. The molecule has 3 rings (SSSR count). The van der Waals surface area contributed by atoms with Crippen molar-refractivity contribution < 1.29 is 9.53 Å². The van der Waals surface area contributed by atoms with Crippen molar-refractivity contribution in [1.29, 1.82) is 0 Å². The van der Waals surface area contributed by atoms with Crippen molar-refractivity contribution in [2.24, 2.45) is 14.1 Å². The smallest absolute Gasteiger partial charge is 0.332 e. The highest BCUT2D eigenvalue weighted by molar-refractivity contribution is 5.87. The number of hydrogen-bond donors (Lipinski definition) is 0. The first kappa shape index (κ1) is 16.4. The van der Waals surface area contributed by atoms with Gasteiger partial charge in [0.2, 0.25) is 0 Å². The van der Waals surface area contributed by atoms with Crippen molar-refractivity contribution in [3.63, 3.8) is 0 Å². The van der Waals surface area contributed by atoms with E-state index in [4.69, 9.17) is 4.74 Å². The zero-order chi connectivity index (χ0) is 18.0. The Bertz CT molecular complexity index is 1070. The predicted octanol–water partition coefficient (Wildman–Crippen LogP) is 0.648. The number of aromatic nitrogens is 4. The molecule has 0 aliphatic rings. The topological polar surface area (TPSA) is 88.1 Å². The van der Waals surface area contributed by atoms with Gasteiger partial charge in [0.05, 0.1) is 0 Å². The first-order valence-electron chi connectivity index (χ1n) is 7.50. The van der Waals surface area contributed by atoms with Crippen LogP contribution in [0.25, 0.3) is 17.2 Å². The van der Waals surface area contributed by atoms with Gasteiger partial charge in [-0.15, -0.1) is 0 Å². The van der Waals surface area contributed by atoms with Gasteiger partial charge in [-0.2, -0.15) is 0 Å². The lowest BCUT2D eigenvalue weighted by Gasteiger charge is -2.06. The highest BCUT2D eigenvalue weighted by Crippen LogP contribution is 2.06. The number of ether oxygens (including phenoxy) is 1. The van der Waals surface area contributed by atoms with E-state index in [2.05, 4.69) is 4.98 Å². The van der Waals surface area contributed by atoms with Crippen LogP contribution in [-0.2, 0) is 30.4 Å². The minimum atomic E-state index is -0.549. The molecule has 0 saturated carbocycles. The SMILES string of the molecule is Cn1c(=O)c2c(ncn2COC(=O)C=Cc2ccccc2)n(C)c1=O. The maximum absolute atomic E-state index is 12.3. The van der Waals surface area contributed by atoms with Gasteiger partial charge >= 0.3 is 11.7 Å². The summed E-state index contributed by atoms with van der Waals surface area (Å²) >= 11 is 0. The van der Waals surface area contributed by atoms with E-state index in [1.54, 1.807) is 6.08 Å². The molecule has 8 nitrogen and oxygen atoms in total. The largest absolute Gasteiger partial charge is 0.441 e. The number of carbonyl (C=O) groups excluding carboxylic acids is 1. The maximum atomic E-state index is 12.3. The molecule has 128 valence electrons. The molecule has 0 amide bonds. The molecule has 0 fully saturated rings. The lowest BCUT2D eigenvalue weighted by Crippen LogP contribution is -2.37. The standard InChI is InChI=1S/C17H16N4O4/c1-19-15-14(16(23)20(2)17(19)24)21(10-18-15)11-25-13(22)9-8-12-6-4-3-5-7-12/h3-10H,11H2,1-2H3. The van der Waals surface area contributed by atoms with Crippen LogP contribution in [0.2, 0.25) is 0 Å². The highest BCUT2D eigenvalue weighted by atomic mass is 16.5. The second-order valence-corrected chi connectivity index (χ2v) is 5.43. The quantitative estimate of drug-likeness (QED) is 0.514. The van der Waals surface area contributed by atoms with Crippen molar-refractivity contribution in [3.8, 4) is 0 Å². The van der Waals surface area contributed by atoms with E-state index in [1.807, 2.05) is 30.3 Å². The molecular weight excluding hydrogens is 324 g/mol. The van der Waals surface area contributed by atoms with Gasteiger partial charge in [-0.05, 0) is 11.6 Å². The molecule has 0 aliphatic carbocycles. The number of fused-ring (bicyclic) bond motifs is 1. The molecule has 0 aliphatic heterocycles. The summed E-state index contributed by atoms with van der Waals surface area (Å²) in [5.41, 5.74) is 0.349. The Kier molecular flexibility index (Phi) is 4.34. The van der Waals surface area contributed by atoms with Gasteiger partial charge in [0.25, 0.3) is 5.56 Å². The number of hydrogen-bond acceptors (Lipinski definition) is 5. The third kappa shape index (κ3) is 3.14. The fourth-order valence-corrected chi connectivity index (χ4v) is 2.40. The molecule has 2 aromatic heterocycles. The first-order chi connectivity index (χ1) is 12.0. The minimum Gasteiger partial charge on any atom is -0.441 e. The lowest BCUT2D eigenvalue weighted by atomic mass is 10.2. The molecule has 3 aromatic rings. The van der Waals surface area contributed by atoms with Gasteiger partial charge in [-0.25, -0.2) is 14.6 Å². The van der Waals surface area contributed by atoms with Crippen molar-refractivity contribution in [1.82, 2.24) is 18.7 Å². The summed E-state index contributed by atoms with van der Waals surface area (Å²) in [5, 5.41) is 0. The van der Waals surface area contributed by atoms with E-state index in [9.17, 15) is 14.4 Å². The van der Waals surface area contributed by atoms with E-state index in [-0.39, 0.29) is 17.9 Å². The predicted molar refractivity (Wildman–Crippen MR) is 91.8 cm³/mol. The molecule has 0 bridgehead atoms. The summed E-state index contributed by atoms with van der Waals surface area (Å²) in [6.07, 6.45) is 4.30. The van der Waals surface area contributed by atoms with Crippen molar-refractivity contribution in [3.05, 3.63) is 69.1 Å². The molecule has 0 saturated heterocycles. The zero-order valence-corrected chi connectivity index (χ0v) is 13.7. The number of imidazole rings is 1. The lowest BCUT2D eigenvalue weighted by molar-refractivity contribution is -0.141. The van der Waals surface area contributed by atoms with Crippen LogP contribution in [0.3, 0.4) is 0 Å². The van der Waals surface area contributed by atoms with Gasteiger partial charge in [0.15, 0.2) is 17.9 Å². The molecule has 0 spiro atoms. The number of nitrogens with zero attached hydrogens (tertiary/aromatic N) is 4. The monoisotopic (exact) mass is 340 g/mol. The molecule has 0 unspecified atom stereocenters. The average Bonchev–Trinajstić information content (AvgIpc) is 3.06. The fourth-order valence-electron chi connectivity index (χ4n) is 2.40. The van der Waals surface area contributed by atoms with Crippen LogP contribution in [-0.4, -0.2) is 24.7 Å². The Morgan fingerprint density at radius 2 is 1.88 bits per heavy atom. The summed E-state index contributed by atoms with van der Waals surface area (Å²) in [6.45, 7) is -0.179. The summed E-state index contributed by atoms with van der Waals surface area (Å²) in [6, 6.07) is 9.33. The molecular formula is C17H16N4O4. The normalized spacial score (nSPS) is 11.3. The van der Waals surface area contributed by atoms with Gasteiger partial charge < -0.3 is 4.74 Å². The number of esters is 1. The molecule has 8 heteroatoms. The number of carbonyl (C=O) groups is 1. The third-order valence-electron chi connectivity index (χ3n) is 3.77. The molecule has 0 radical (unpaired) electrons. The van der Waals surface area contributed by atoms with E-state index in [0.29, 0.717) is 0 Å². The summed E-state index contributed by atoms with van der Waals surface area (Å²) < 4.78 is 8.79. The van der Waals surface area contributed by atoms with E-state index >= 15 is 0 Å². The molecule has 1 aromatic carbocycles. The number of aryl methyl sites for hydroxylation is 1. The van der Waals surface area contributed by atoms with Gasteiger partial charge in [0, 0.05) is 20.2 Å². The van der Waals surface area contributed by atoms with E-state index in [0.717, 1.165) is 10.1 Å². The number of benzene rings is 1. The van der Waals surface area contributed by atoms with Crippen molar-refractivity contribution >= 4 is 23.2 Å². The van der Waals surface area contributed by atoms with Crippen LogP contribution >= 0.6 is 0 Å². The second kappa shape index (κ2) is 6.60. The Morgan fingerprint density at radius 1 is 1.16 bits per heavy atom. The van der Waals surface area contributed by atoms with Gasteiger partial charge in [-0.1, -0.05) is 30.3 Å². The average molecular weight is 340 g/mol. The zero-order valence-electron chi connectivity index (χ0n) is 13.7. The summed E-state index contributed by atoms with van der Waals surface area (Å²) in [4.78, 5) is 40.0. The van der Waals surface area contributed by atoms with Crippen LogP contribution in [0, 0.1) is 0 Å². The van der Waals surface area contributed by atoms with E-state index < -0.39 is 17.2 Å². The van der Waals surface area contributed by atoms with Gasteiger partial charge in [-0.3, -0.25) is 18.5 Å². The molecule has 0 atom stereocenters. The van der Waals surface area contributed by atoms with Gasteiger partial charge in [0.1, 0.15) is 6.33 Å². The molecule has 25 heavy (non-hydrogen) atoms. The van der Waals surface area contributed by atoms with Crippen LogP contribution in [0.4, 0.5) is 0 Å². The van der Waals surface area contributed by atoms with Crippen molar-refractivity contribution in [2.75, 3.05) is 0 Å². The van der Waals surface area contributed by atoms with Crippen LogP contribution in [0.1, 0.15) is 5.56 Å². The minimum absolute atomic E-state index is 0.179. The van der Waals surface area contributed by atoms with Crippen LogP contribution < -0.4 is 11.2 Å². The Hall–Kier alpha value is -3.42. The van der Waals surface area contributed by atoms with Crippen molar-refractivity contribution in [2.45, 2.75) is 6.73 Å². The fraction of sp³-hybridized carbons (Fsp3) is 0.176. The van der Waals surface area contributed by atoms with Crippen LogP contribution in [0.5, 0.6) is 0 Å². The summed E-state index contributed by atoms with van der Waals surface area (Å²) in [5.74, 6) is -0.549. The maximum Gasteiger partial charge on any atom is 0.332 e. The molecule has 2 heterocycles. The Labute approximate surface area is 142 Å². The summed E-state index contributed by atoms with van der Waals surface area (Å²) in [7, 11) is 2.91. The first-order valence-corrected chi connectivity index (χ1v) is 7.50.